The zero-order valence-electron chi connectivity index (χ0n) is 14.4. The van der Waals surface area contributed by atoms with Crippen molar-refractivity contribution in [2.75, 3.05) is 13.1 Å². The lowest BCUT2D eigenvalue weighted by atomic mass is 10.0. The molecule has 2 N–H and O–H groups in total. The molecule has 5 nitrogen and oxygen atoms in total. The van der Waals surface area contributed by atoms with Gasteiger partial charge in [0.05, 0.1) is 12.4 Å². The quantitative estimate of drug-likeness (QED) is 0.901. The van der Waals surface area contributed by atoms with Crippen molar-refractivity contribution < 1.29 is 14.3 Å². The summed E-state index contributed by atoms with van der Waals surface area (Å²) in [5, 5.41) is 13.7. The molecule has 4 rings (SSSR count). The van der Waals surface area contributed by atoms with E-state index >= 15 is 0 Å². The number of hydrogen-bond donors (Lipinski definition) is 2. The maximum Gasteiger partial charge on any atom is 0.287 e. The Hall–Kier alpha value is -2.11. The Bertz CT molecular complexity index is 762. The molecule has 5 heteroatoms. The molecule has 0 saturated carbocycles. The third-order valence-electron chi connectivity index (χ3n) is 5.57. The van der Waals surface area contributed by atoms with Crippen LogP contribution in [-0.4, -0.2) is 41.1 Å². The van der Waals surface area contributed by atoms with E-state index in [0.29, 0.717) is 5.76 Å². The maximum absolute atomic E-state index is 12.3. The molecular formula is C20H24N2O3. The van der Waals surface area contributed by atoms with Gasteiger partial charge in [-0.1, -0.05) is 24.3 Å². The van der Waals surface area contributed by atoms with Crippen LogP contribution in [-0.2, 0) is 6.42 Å². The van der Waals surface area contributed by atoms with Gasteiger partial charge in [0.1, 0.15) is 0 Å². The molecule has 2 aliphatic rings. The van der Waals surface area contributed by atoms with E-state index in [-0.39, 0.29) is 18.0 Å². The summed E-state index contributed by atoms with van der Waals surface area (Å²) in [6.45, 7) is 3.65. The lowest BCUT2D eigenvalue weighted by Gasteiger charge is -2.37. The summed E-state index contributed by atoms with van der Waals surface area (Å²) in [6.07, 6.45) is 3.83. The van der Waals surface area contributed by atoms with Gasteiger partial charge in [-0.3, -0.25) is 9.69 Å². The lowest BCUT2D eigenvalue weighted by Crippen LogP contribution is -2.49. The highest BCUT2D eigenvalue weighted by molar-refractivity contribution is 5.92. The minimum atomic E-state index is -0.409. The number of nitrogens with one attached hydrogen (secondary N) is 1. The van der Waals surface area contributed by atoms with Crippen LogP contribution < -0.4 is 5.32 Å². The van der Waals surface area contributed by atoms with Crippen molar-refractivity contribution in [3.05, 3.63) is 59.0 Å². The first-order chi connectivity index (χ1) is 12.1. The van der Waals surface area contributed by atoms with Crippen LogP contribution in [0.2, 0.25) is 0 Å². The van der Waals surface area contributed by atoms with Crippen LogP contribution in [0.15, 0.2) is 41.0 Å². The Morgan fingerprint density at radius 3 is 2.68 bits per heavy atom. The van der Waals surface area contributed by atoms with Gasteiger partial charge >= 0.3 is 0 Å². The third kappa shape index (κ3) is 3.10. The third-order valence-corrected chi connectivity index (χ3v) is 5.57. The first-order valence-electron chi connectivity index (χ1n) is 8.98. The number of likely N-dealkylation sites (tertiary alicyclic amines) is 1. The van der Waals surface area contributed by atoms with Crippen molar-refractivity contribution in [3.8, 4) is 0 Å². The van der Waals surface area contributed by atoms with Gasteiger partial charge in [0.15, 0.2) is 5.76 Å². The second-order valence-electron chi connectivity index (χ2n) is 7.13. The van der Waals surface area contributed by atoms with Crippen LogP contribution in [0.1, 0.15) is 46.2 Å². The number of fused-ring (bicyclic) bond motifs is 1. The number of hydrogen-bond acceptors (Lipinski definition) is 4. The van der Waals surface area contributed by atoms with Crippen molar-refractivity contribution in [2.45, 2.75) is 44.4 Å². The molecular weight excluding hydrogens is 316 g/mol. The molecule has 25 heavy (non-hydrogen) atoms. The molecule has 0 unspecified atom stereocenters. The van der Waals surface area contributed by atoms with E-state index in [1.165, 1.54) is 5.56 Å². The number of aliphatic hydroxyl groups excluding tert-OH is 1. The van der Waals surface area contributed by atoms with Crippen molar-refractivity contribution in [3.63, 3.8) is 0 Å². The predicted octanol–water partition coefficient (Wildman–Crippen LogP) is 2.44. The number of piperidine rings is 1. The van der Waals surface area contributed by atoms with Gasteiger partial charge in [-0.05, 0) is 43.4 Å². The van der Waals surface area contributed by atoms with E-state index < -0.39 is 6.10 Å². The molecule has 1 aromatic carbocycles. The molecule has 0 radical (unpaired) electrons. The van der Waals surface area contributed by atoms with E-state index in [9.17, 15) is 9.90 Å². The summed E-state index contributed by atoms with van der Waals surface area (Å²) in [5.74, 6) is 0.276. The Labute approximate surface area is 147 Å². The average molecular weight is 340 g/mol. The minimum Gasteiger partial charge on any atom is -0.459 e. The average Bonchev–Trinajstić information content (AvgIpc) is 3.20. The summed E-state index contributed by atoms with van der Waals surface area (Å²) in [7, 11) is 0. The first-order valence-corrected chi connectivity index (χ1v) is 8.98. The first kappa shape index (κ1) is 16.4. The monoisotopic (exact) mass is 340 g/mol. The fraction of sp³-hybridized carbons (Fsp3) is 0.450. The van der Waals surface area contributed by atoms with Gasteiger partial charge in [-0.25, -0.2) is 0 Å². The molecule has 1 aliphatic heterocycles. The molecule has 132 valence electrons. The smallest absolute Gasteiger partial charge is 0.287 e. The topological polar surface area (TPSA) is 65.7 Å². The SMILES string of the molecule is Cc1ccoc1C(=O)NC1CCN([C@@H]2Cc3ccccc3[C@@H]2O)CC1. The van der Waals surface area contributed by atoms with Crippen LogP contribution in [0.25, 0.3) is 0 Å². The largest absolute Gasteiger partial charge is 0.459 e. The highest BCUT2D eigenvalue weighted by Crippen LogP contribution is 2.35. The van der Waals surface area contributed by atoms with E-state index in [1.54, 1.807) is 12.3 Å². The summed E-state index contributed by atoms with van der Waals surface area (Å²) in [6, 6.07) is 10.3. The summed E-state index contributed by atoms with van der Waals surface area (Å²) < 4.78 is 5.26. The van der Waals surface area contributed by atoms with Crippen molar-refractivity contribution in [1.29, 1.82) is 0 Å². The molecule has 2 aromatic rings. The van der Waals surface area contributed by atoms with Gasteiger partial charge in [0.25, 0.3) is 5.91 Å². The summed E-state index contributed by atoms with van der Waals surface area (Å²) in [5.41, 5.74) is 3.18. The Morgan fingerprint density at radius 2 is 2.00 bits per heavy atom. The Balaban J connectivity index is 1.33. The normalized spacial score (nSPS) is 24.2. The zero-order chi connectivity index (χ0) is 17.4. The highest BCUT2D eigenvalue weighted by Gasteiger charge is 2.36. The molecule has 1 fully saturated rings. The number of amides is 1. The summed E-state index contributed by atoms with van der Waals surface area (Å²) in [4.78, 5) is 14.6. The van der Waals surface area contributed by atoms with Crippen LogP contribution in [0.3, 0.4) is 0 Å². The molecule has 0 spiro atoms. The molecule has 2 atom stereocenters. The van der Waals surface area contributed by atoms with Crippen LogP contribution in [0.5, 0.6) is 0 Å². The fourth-order valence-electron chi connectivity index (χ4n) is 4.11. The number of carbonyl (C=O) groups is 1. The van der Waals surface area contributed by atoms with Gasteiger partial charge < -0.3 is 14.8 Å². The maximum atomic E-state index is 12.3. The minimum absolute atomic E-state index is 0.130. The Morgan fingerprint density at radius 1 is 1.24 bits per heavy atom. The van der Waals surface area contributed by atoms with Gasteiger partial charge in [-0.2, -0.15) is 0 Å². The van der Waals surface area contributed by atoms with Crippen LogP contribution >= 0.6 is 0 Å². The van der Waals surface area contributed by atoms with E-state index in [4.69, 9.17) is 4.42 Å². The lowest BCUT2D eigenvalue weighted by molar-refractivity contribution is 0.0425. The van der Waals surface area contributed by atoms with Crippen molar-refractivity contribution >= 4 is 5.91 Å². The second kappa shape index (κ2) is 6.65. The summed E-state index contributed by atoms with van der Waals surface area (Å²) >= 11 is 0. The number of aryl methyl sites for hydroxylation is 1. The highest BCUT2D eigenvalue weighted by atomic mass is 16.3. The number of aliphatic hydroxyl groups is 1. The second-order valence-corrected chi connectivity index (χ2v) is 7.13. The number of nitrogens with zero attached hydrogens (tertiary/aromatic N) is 1. The molecule has 1 amide bonds. The van der Waals surface area contributed by atoms with Gasteiger partial charge in [0, 0.05) is 30.7 Å². The Kier molecular flexibility index (Phi) is 4.36. The molecule has 1 saturated heterocycles. The molecule has 2 heterocycles. The number of furan rings is 1. The zero-order valence-corrected chi connectivity index (χ0v) is 14.4. The predicted molar refractivity (Wildman–Crippen MR) is 94.4 cm³/mol. The van der Waals surface area contributed by atoms with Crippen molar-refractivity contribution in [2.24, 2.45) is 0 Å². The van der Waals surface area contributed by atoms with Crippen molar-refractivity contribution in [1.82, 2.24) is 10.2 Å². The molecule has 1 aromatic heterocycles. The van der Waals surface area contributed by atoms with E-state index in [2.05, 4.69) is 16.3 Å². The fourth-order valence-corrected chi connectivity index (χ4v) is 4.11. The molecule has 0 bridgehead atoms. The number of benzene rings is 1. The van der Waals surface area contributed by atoms with Gasteiger partial charge in [-0.15, -0.1) is 0 Å². The number of rotatable bonds is 3. The van der Waals surface area contributed by atoms with Gasteiger partial charge in [0.2, 0.25) is 0 Å². The van der Waals surface area contributed by atoms with Crippen LogP contribution in [0.4, 0.5) is 0 Å². The number of carbonyl (C=O) groups excluding carboxylic acids is 1. The standard InChI is InChI=1S/C20H24N2O3/c1-13-8-11-25-19(13)20(24)21-15-6-9-22(10-7-15)17-12-14-4-2-3-5-16(14)18(17)23/h2-5,8,11,15,17-18,23H,6-7,9-10,12H2,1H3,(H,21,24)/t17-,18+/m1/s1. The van der Waals surface area contributed by atoms with Crippen LogP contribution in [0, 0.1) is 6.92 Å². The van der Waals surface area contributed by atoms with E-state index in [1.807, 2.05) is 25.1 Å². The van der Waals surface area contributed by atoms with E-state index in [0.717, 1.165) is 43.5 Å². The molecule has 1 aliphatic carbocycles.